The van der Waals surface area contributed by atoms with Crippen LogP contribution in [0.3, 0.4) is 0 Å². The molecule has 0 aromatic carbocycles. The molecular weight excluding hydrogens is 282 g/mol. The summed E-state index contributed by atoms with van der Waals surface area (Å²) in [6, 6.07) is 3.19. The molecule has 1 unspecified atom stereocenters. The van der Waals surface area contributed by atoms with Gasteiger partial charge in [0.25, 0.3) is 0 Å². The van der Waals surface area contributed by atoms with Gasteiger partial charge in [-0.1, -0.05) is 6.42 Å². The summed E-state index contributed by atoms with van der Waals surface area (Å²) >= 11 is 1.85. The van der Waals surface area contributed by atoms with Gasteiger partial charge in [-0.15, -0.1) is 0 Å². The van der Waals surface area contributed by atoms with Crippen molar-refractivity contribution in [1.82, 2.24) is 9.71 Å². The molecule has 2 N–H and O–H groups in total. The zero-order chi connectivity index (χ0) is 13.7. The van der Waals surface area contributed by atoms with E-state index in [0.29, 0.717) is 17.6 Å². The molecule has 0 amide bonds. The molecule has 1 aliphatic heterocycles. The summed E-state index contributed by atoms with van der Waals surface area (Å²) in [5.74, 6) is 1.51. The number of rotatable bonds is 5. The lowest BCUT2D eigenvalue weighted by Crippen LogP contribution is -2.32. The molecule has 19 heavy (non-hydrogen) atoms. The first kappa shape index (κ1) is 14.6. The Labute approximate surface area is 118 Å². The molecule has 5 nitrogen and oxygen atoms in total. The van der Waals surface area contributed by atoms with Crippen LogP contribution in [0.1, 0.15) is 19.3 Å². The van der Waals surface area contributed by atoms with Crippen LogP contribution in [-0.4, -0.2) is 38.0 Å². The number of nitrogens with one attached hydrogen (secondary N) is 2. The van der Waals surface area contributed by atoms with Crippen LogP contribution < -0.4 is 10.0 Å². The second kappa shape index (κ2) is 6.58. The third kappa shape index (κ3) is 3.84. The lowest BCUT2D eigenvalue weighted by atomic mass is 10.2. The Morgan fingerprint density at radius 1 is 1.47 bits per heavy atom. The Balaban J connectivity index is 2.05. The smallest absolute Gasteiger partial charge is 0.244 e. The molecule has 1 aromatic rings. The van der Waals surface area contributed by atoms with Crippen molar-refractivity contribution < 1.29 is 8.42 Å². The van der Waals surface area contributed by atoms with Gasteiger partial charge in [-0.2, -0.15) is 11.8 Å². The number of hydrogen-bond donors (Lipinski definition) is 2. The van der Waals surface area contributed by atoms with Crippen molar-refractivity contribution in [3.05, 3.63) is 18.3 Å². The van der Waals surface area contributed by atoms with Crippen LogP contribution in [0.4, 0.5) is 5.82 Å². The van der Waals surface area contributed by atoms with Gasteiger partial charge >= 0.3 is 0 Å². The molecule has 0 spiro atoms. The fourth-order valence-electron chi connectivity index (χ4n) is 2.04. The Morgan fingerprint density at radius 3 is 3.00 bits per heavy atom. The Kier molecular flexibility index (Phi) is 5.06. The minimum atomic E-state index is -3.49. The van der Waals surface area contributed by atoms with Crippen molar-refractivity contribution in [1.29, 1.82) is 0 Å². The quantitative estimate of drug-likeness (QED) is 0.866. The van der Waals surface area contributed by atoms with E-state index in [9.17, 15) is 8.42 Å². The summed E-state index contributed by atoms with van der Waals surface area (Å²) in [4.78, 5) is 4.23. The number of hydrogen-bond acceptors (Lipinski definition) is 5. The van der Waals surface area contributed by atoms with Crippen molar-refractivity contribution in [3.8, 4) is 0 Å². The largest absolute Gasteiger partial charge is 0.372 e. The van der Waals surface area contributed by atoms with Crippen molar-refractivity contribution in [2.45, 2.75) is 29.4 Å². The molecule has 0 radical (unpaired) electrons. The van der Waals surface area contributed by atoms with Gasteiger partial charge in [-0.05, 0) is 30.7 Å². The fourth-order valence-corrected chi connectivity index (χ4v) is 4.63. The highest BCUT2D eigenvalue weighted by Crippen LogP contribution is 2.25. The summed E-state index contributed by atoms with van der Waals surface area (Å²) in [7, 11) is -1.83. The van der Waals surface area contributed by atoms with Gasteiger partial charge in [0.05, 0.1) is 0 Å². The highest BCUT2D eigenvalue weighted by atomic mass is 32.2. The fraction of sp³-hybridized carbons (Fsp3) is 0.583. The van der Waals surface area contributed by atoms with Gasteiger partial charge in [0.2, 0.25) is 10.0 Å². The van der Waals surface area contributed by atoms with Gasteiger partial charge in [0.1, 0.15) is 10.7 Å². The summed E-state index contributed by atoms with van der Waals surface area (Å²) in [5.41, 5.74) is 0. The standard InChI is InChI=1S/C12H19N3O2S2/c1-13-12-11(6-4-7-14-12)19(16,17)15-9-10-5-2-3-8-18-10/h4,6-7,10,15H,2-3,5,8-9H2,1H3,(H,13,14). The van der Waals surface area contributed by atoms with E-state index in [4.69, 9.17) is 0 Å². The van der Waals surface area contributed by atoms with Crippen LogP contribution in [0.5, 0.6) is 0 Å². The number of anilines is 1. The van der Waals surface area contributed by atoms with E-state index in [1.165, 1.54) is 12.8 Å². The van der Waals surface area contributed by atoms with Crippen molar-refractivity contribution in [3.63, 3.8) is 0 Å². The van der Waals surface area contributed by atoms with Gasteiger partial charge in [-0.25, -0.2) is 18.1 Å². The SMILES string of the molecule is CNc1ncccc1S(=O)(=O)NCC1CCCCS1. The van der Waals surface area contributed by atoms with Crippen LogP contribution in [0.15, 0.2) is 23.2 Å². The molecule has 1 atom stereocenters. The number of thioether (sulfide) groups is 1. The summed E-state index contributed by atoms with van der Waals surface area (Å²) < 4.78 is 27.2. The zero-order valence-electron chi connectivity index (χ0n) is 10.9. The van der Waals surface area contributed by atoms with Crippen molar-refractivity contribution in [2.75, 3.05) is 24.7 Å². The molecule has 1 aliphatic rings. The Bertz CT molecular complexity index is 513. The van der Waals surface area contributed by atoms with Crippen molar-refractivity contribution >= 4 is 27.6 Å². The summed E-state index contributed by atoms with van der Waals surface area (Å²) in [6.07, 6.45) is 5.08. The van der Waals surface area contributed by atoms with Crippen molar-refractivity contribution in [2.24, 2.45) is 0 Å². The molecule has 1 fully saturated rings. The second-order valence-corrected chi connectivity index (χ2v) is 7.58. The van der Waals surface area contributed by atoms with E-state index in [-0.39, 0.29) is 4.90 Å². The van der Waals surface area contributed by atoms with E-state index in [1.54, 1.807) is 25.4 Å². The maximum Gasteiger partial charge on any atom is 0.244 e. The highest BCUT2D eigenvalue weighted by molar-refractivity contribution is 8.00. The molecule has 0 bridgehead atoms. The number of nitrogens with zero attached hydrogens (tertiary/aromatic N) is 1. The number of pyridine rings is 1. The lowest BCUT2D eigenvalue weighted by Gasteiger charge is -2.21. The summed E-state index contributed by atoms with van der Waals surface area (Å²) in [6.45, 7) is 0.491. The predicted molar refractivity (Wildman–Crippen MR) is 79.1 cm³/mol. The first-order valence-electron chi connectivity index (χ1n) is 6.37. The van der Waals surface area contributed by atoms with Crippen LogP contribution in [0.25, 0.3) is 0 Å². The first-order valence-corrected chi connectivity index (χ1v) is 8.91. The minimum absolute atomic E-state index is 0.207. The van der Waals surface area contributed by atoms with Crippen LogP contribution in [0.2, 0.25) is 0 Å². The van der Waals surface area contributed by atoms with E-state index in [1.807, 2.05) is 11.8 Å². The normalized spacial score (nSPS) is 20.2. The topological polar surface area (TPSA) is 71.1 Å². The maximum absolute atomic E-state index is 12.3. The Hall–Kier alpha value is -0.790. The van der Waals surface area contributed by atoms with E-state index < -0.39 is 10.0 Å². The molecule has 106 valence electrons. The molecule has 7 heteroatoms. The second-order valence-electron chi connectivity index (χ2n) is 4.44. The molecule has 2 rings (SSSR count). The monoisotopic (exact) mass is 301 g/mol. The average molecular weight is 301 g/mol. The van der Waals surface area contributed by atoms with Gasteiger partial charge < -0.3 is 5.32 Å². The van der Waals surface area contributed by atoms with E-state index in [2.05, 4.69) is 15.0 Å². The highest BCUT2D eigenvalue weighted by Gasteiger charge is 2.21. The Morgan fingerprint density at radius 2 is 2.32 bits per heavy atom. The molecule has 1 saturated heterocycles. The van der Waals surface area contributed by atoms with E-state index >= 15 is 0 Å². The molecular formula is C12H19N3O2S2. The van der Waals surface area contributed by atoms with Gasteiger partial charge in [0, 0.05) is 25.0 Å². The van der Waals surface area contributed by atoms with Gasteiger partial charge in [-0.3, -0.25) is 0 Å². The van der Waals surface area contributed by atoms with Crippen LogP contribution >= 0.6 is 11.8 Å². The minimum Gasteiger partial charge on any atom is -0.372 e. The van der Waals surface area contributed by atoms with Crippen LogP contribution in [0, 0.1) is 0 Å². The lowest BCUT2D eigenvalue weighted by molar-refractivity contribution is 0.574. The average Bonchev–Trinajstić information content (AvgIpc) is 2.46. The molecule has 1 aromatic heterocycles. The number of aromatic nitrogens is 1. The summed E-state index contributed by atoms with van der Waals surface area (Å²) in [5, 5.41) is 3.19. The number of sulfonamides is 1. The zero-order valence-corrected chi connectivity index (χ0v) is 12.6. The first-order chi connectivity index (χ1) is 9.13. The molecule has 0 saturated carbocycles. The third-order valence-electron chi connectivity index (χ3n) is 3.07. The predicted octanol–water partition coefficient (Wildman–Crippen LogP) is 1.69. The molecule has 0 aliphatic carbocycles. The molecule has 2 heterocycles. The van der Waals surface area contributed by atoms with E-state index in [0.717, 1.165) is 12.2 Å². The van der Waals surface area contributed by atoms with Gasteiger partial charge in [0.15, 0.2) is 0 Å². The maximum atomic E-state index is 12.3. The third-order valence-corrected chi connectivity index (χ3v) is 5.93. The van der Waals surface area contributed by atoms with Crippen LogP contribution in [-0.2, 0) is 10.0 Å².